The number of aliphatic hydroxyl groups excluding tert-OH is 1. The highest BCUT2D eigenvalue weighted by molar-refractivity contribution is 5.94. The molecule has 2 N–H and O–H groups in total. The second-order valence-electron chi connectivity index (χ2n) is 4.37. The molecule has 2 rings (SSSR count). The number of ether oxygens (including phenoxy) is 1. The summed E-state index contributed by atoms with van der Waals surface area (Å²) in [6, 6.07) is 9.35. The predicted octanol–water partition coefficient (Wildman–Crippen LogP) is 1.69. The van der Waals surface area contributed by atoms with Gasteiger partial charge in [-0.05, 0) is 23.8 Å². The monoisotopic (exact) mass is 290 g/mol. The van der Waals surface area contributed by atoms with Crippen LogP contribution >= 0.6 is 0 Å². The van der Waals surface area contributed by atoms with Crippen LogP contribution in [0.4, 0.5) is 4.39 Å². The molecule has 5 nitrogen and oxygen atoms in total. The summed E-state index contributed by atoms with van der Waals surface area (Å²) in [5, 5.41) is 12.6. The summed E-state index contributed by atoms with van der Waals surface area (Å²) >= 11 is 0. The Morgan fingerprint density at radius 1 is 1.43 bits per heavy atom. The third-order valence-electron chi connectivity index (χ3n) is 2.92. The van der Waals surface area contributed by atoms with Crippen molar-refractivity contribution in [3.63, 3.8) is 0 Å². The number of amides is 1. The normalized spacial score (nSPS) is 11.8. The van der Waals surface area contributed by atoms with Crippen molar-refractivity contribution in [1.29, 1.82) is 0 Å². The van der Waals surface area contributed by atoms with E-state index in [1.807, 2.05) is 0 Å². The highest BCUT2D eigenvalue weighted by Gasteiger charge is 2.12. The van der Waals surface area contributed by atoms with Gasteiger partial charge < -0.3 is 15.2 Å². The lowest BCUT2D eigenvalue weighted by molar-refractivity contribution is 0.0915. The third-order valence-corrected chi connectivity index (χ3v) is 2.92. The molecular formula is C15H15FN2O3. The van der Waals surface area contributed by atoms with Crippen molar-refractivity contribution in [3.8, 4) is 5.75 Å². The Hall–Kier alpha value is -2.47. The van der Waals surface area contributed by atoms with Gasteiger partial charge in [0.05, 0.1) is 13.2 Å². The molecule has 1 amide bonds. The van der Waals surface area contributed by atoms with Crippen LogP contribution in [-0.4, -0.2) is 29.7 Å². The number of carbonyl (C=O) groups is 1. The quantitative estimate of drug-likeness (QED) is 0.822. The second-order valence-corrected chi connectivity index (χ2v) is 4.37. The first-order valence-electron chi connectivity index (χ1n) is 6.32. The Morgan fingerprint density at radius 2 is 2.24 bits per heavy atom. The molecule has 0 aliphatic carbocycles. The van der Waals surface area contributed by atoms with Gasteiger partial charge in [0.25, 0.3) is 5.91 Å². The molecule has 21 heavy (non-hydrogen) atoms. The Morgan fingerprint density at radius 3 is 2.95 bits per heavy atom. The zero-order valence-electron chi connectivity index (χ0n) is 11.4. The number of nitrogens with one attached hydrogen (secondary N) is 1. The first-order valence-corrected chi connectivity index (χ1v) is 6.32. The molecule has 0 saturated carbocycles. The van der Waals surface area contributed by atoms with Crippen molar-refractivity contribution < 1.29 is 19.0 Å². The molecule has 0 aliphatic heterocycles. The molecule has 0 fully saturated rings. The zero-order valence-corrected chi connectivity index (χ0v) is 11.4. The molecule has 0 unspecified atom stereocenters. The van der Waals surface area contributed by atoms with Gasteiger partial charge in [0.2, 0.25) is 5.95 Å². The van der Waals surface area contributed by atoms with E-state index in [1.54, 1.807) is 24.3 Å². The lowest BCUT2D eigenvalue weighted by Crippen LogP contribution is -2.28. The fourth-order valence-corrected chi connectivity index (χ4v) is 1.80. The first-order chi connectivity index (χ1) is 10.1. The largest absolute Gasteiger partial charge is 0.497 e. The van der Waals surface area contributed by atoms with Crippen LogP contribution in [0.5, 0.6) is 5.75 Å². The maximum Gasteiger partial charge on any atom is 0.251 e. The van der Waals surface area contributed by atoms with Gasteiger partial charge in [-0.15, -0.1) is 0 Å². The Labute approximate surface area is 121 Å². The van der Waals surface area contributed by atoms with Crippen LogP contribution < -0.4 is 10.1 Å². The molecule has 2 aromatic rings. The molecule has 1 heterocycles. The van der Waals surface area contributed by atoms with Gasteiger partial charge in [-0.1, -0.05) is 12.1 Å². The number of carbonyl (C=O) groups excluding carboxylic acids is 1. The van der Waals surface area contributed by atoms with Crippen LogP contribution in [-0.2, 0) is 0 Å². The fourth-order valence-electron chi connectivity index (χ4n) is 1.80. The van der Waals surface area contributed by atoms with Crippen molar-refractivity contribution in [2.24, 2.45) is 0 Å². The lowest BCUT2D eigenvalue weighted by Gasteiger charge is -2.13. The molecular weight excluding hydrogens is 275 g/mol. The van der Waals surface area contributed by atoms with E-state index >= 15 is 0 Å². The van der Waals surface area contributed by atoms with Crippen molar-refractivity contribution in [2.75, 3.05) is 13.7 Å². The van der Waals surface area contributed by atoms with Gasteiger partial charge in [0.15, 0.2) is 0 Å². The Bertz CT molecular complexity index is 634. The predicted molar refractivity (Wildman–Crippen MR) is 74.5 cm³/mol. The van der Waals surface area contributed by atoms with E-state index in [9.17, 15) is 14.3 Å². The van der Waals surface area contributed by atoms with Crippen molar-refractivity contribution in [3.05, 3.63) is 59.7 Å². The van der Waals surface area contributed by atoms with Crippen LogP contribution in [0.15, 0.2) is 42.6 Å². The maximum atomic E-state index is 12.9. The minimum Gasteiger partial charge on any atom is -0.497 e. The van der Waals surface area contributed by atoms with Gasteiger partial charge in [-0.25, -0.2) is 4.98 Å². The molecule has 0 aliphatic rings. The maximum absolute atomic E-state index is 12.9. The van der Waals surface area contributed by atoms with Crippen molar-refractivity contribution >= 4 is 5.91 Å². The van der Waals surface area contributed by atoms with E-state index in [-0.39, 0.29) is 12.1 Å². The number of benzene rings is 1. The summed E-state index contributed by atoms with van der Waals surface area (Å²) in [5.74, 6) is -0.580. The van der Waals surface area contributed by atoms with E-state index in [0.29, 0.717) is 11.3 Å². The highest BCUT2D eigenvalue weighted by Crippen LogP contribution is 2.18. The number of hydrogen-bond donors (Lipinski definition) is 2. The average Bonchev–Trinajstić information content (AvgIpc) is 2.52. The van der Waals surface area contributed by atoms with E-state index in [1.165, 1.54) is 19.4 Å². The standard InChI is InChI=1S/C15H15FN2O3/c1-21-12-4-2-3-10(7-12)13(19)9-18-15(20)11-5-6-17-14(16)8-11/h2-8,13,19H,9H2,1H3,(H,18,20)/t13-/m0/s1. The minimum atomic E-state index is -0.879. The number of pyridine rings is 1. The van der Waals surface area contributed by atoms with E-state index in [4.69, 9.17) is 4.74 Å². The molecule has 1 aromatic heterocycles. The summed E-state index contributed by atoms with van der Waals surface area (Å²) in [6.07, 6.45) is 0.332. The molecule has 6 heteroatoms. The Balaban J connectivity index is 1.97. The molecule has 0 radical (unpaired) electrons. The summed E-state index contributed by atoms with van der Waals surface area (Å²) < 4.78 is 18.0. The van der Waals surface area contributed by atoms with Gasteiger partial charge in [-0.3, -0.25) is 4.79 Å². The van der Waals surface area contributed by atoms with Crippen LogP contribution in [0.2, 0.25) is 0 Å². The number of halogens is 1. The molecule has 0 spiro atoms. The summed E-state index contributed by atoms with van der Waals surface area (Å²) in [7, 11) is 1.53. The van der Waals surface area contributed by atoms with E-state index < -0.39 is 18.0 Å². The molecule has 110 valence electrons. The Kier molecular flexibility index (Phi) is 4.84. The fraction of sp³-hybridized carbons (Fsp3) is 0.200. The van der Waals surface area contributed by atoms with Crippen molar-refractivity contribution in [1.82, 2.24) is 10.3 Å². The topological polar surface area (TPSA) is 71.5 Å². The first kappa shape index (κ1) is 14.9. The van der Waals surface area contributed by atoms with Gasteiger partial charge in [0, 0.05) is 24.4 Å². The third kappa shape index (κ3) is 4.00. The number of nitrogens with zero attached hydrogens (tertiary/aromatic N) is 1. The molecule has 0 saturated heterocycles. The zero-order chi connectivity index (χ0) is 15.2. The number of aliphatic hydroxyl groups is 1. The van der Waals surface area contributed by atoms with Crippen LogP contribution in [0.25, 0.3) is 0 Å². The number of methoxy groups -OCH3 is 1. The lowest BCUT2D eigenvalue weighted by atomic mass is 10.1. The SMILES string of the molecule is COc1cccc([C@@H](O)CNC(=O)c2ccnc(F)c2)c1. The van der Waals surface area contributed by atoms with Gasteiger partial charge in [-0.2, -0.15) is 4.39 Å². The minimum absolute atomic E-state index is 0.00986. The average molecular weight is 290 g/mol. The molecule has 1 aromatic carbocycles. The number of aromatic nitrogens is 1. The van der Waals surface area contributed by atoms with Crippen LogP contribution in [0.3, 0.4) is 0 Å². The summed E-state index contributed by atoms with van der Waals surface area (Å²) in [6.45, 7) is 0.00986. The molecule has 1 atom stereocenters. The van der Waals surface area contributed by atoms with E-state index in [0.717, 1.165) is 6.07 Å². The summed E-state index contributed by atoms with van der Waals surface area (Å²) in [5.41, 5.74) is 0.774. The van der Waals surface area contributed by atoms with E-state index in [2.05, 4.69) is 10.3 Å². The smallest absolute Gasteiger partial charge is 0.251 e. The highest BCUT2D eigenvalue weighted by atomic mass is 19.1. The van der Waals surface area contributed by atoms with Crippen molar-refractivity contribution in [2.45, 2.75) is 6.10 Å². The number of rotatable bonds is 5. The number of hydrogen-bond acceptors (Lipinski definition) is 4. The summed E-state index contributed by atoms with van der Waals surface area (Å²) in [4.78, 5) is 15.2. The van der Waals surface area contributed by atoms with Gasteiger partial charge in [0.1, 0.15) is 5.75 Å². The van der Waals surface area contributed by atoms with Crippen LogP contribution in [0.1, 0.15) is 22.0 Å². The second kappa shape index (κ2) is 6.81. The van der Waals surface area contributed by atoms with Crippen LogP contribution in [0, 0.1) is 5.95 Å². The van der Waals surface area contributed by atoms with Gasteiger partial charge >= 0.3 is 0 Å². The molecule has 0 bridgehead atoms.